The zero-order valence-electron chi connectivity index (χ0n) is 10.4. The van der Waals surface area contributed by atoms with Gasteiger partial charge in [-0.2, -0.15) is 0 Å². The number of nitrogens with one attached hydrogen (secondary N) is 1. The SMILES string of the molecule is CCCNC1CC(c2cc(F)c(C)cc2F)C1. The molecule has 0 amide bonds. The van der Waals surface area contributed by atoms with Crippen molar-refractivity contribution in [2.75, 3.05) is 6.54 Å². The summed E-state index contributed by atoms with van der Waals surface area (Å²) < 4.78 is 27.1. The summed E-state index contributed by atoms with van der Waals surface area (Å²) in [7, 11) is 0. The van der Waals surface area contributed by atoms with Crippen LogP contribution in [0.4, 0.5) is 8.78 Å². The minimum absolute atomic E-state index is 0.180. The van der Waals surface area contributed by atoms with E-state index in [-0.39, 0.29) is 17.6 Å². The summed E-state index contributed by atoms with van der Waals surface area (Å²) in [6.45, 7) is 4.72. The Morgan fingerprint density at radius 2 is 1.94 bits per heavy atom. The second-order valence-corrected chi connectivity index (χ2v) is 4.94. The van der Waals surface area contributed by atoms with Crippen LogP contribution in [-0.4, -0.2) is 12.6 Å². The molecule has 0 saturated heterocycles. The molecule has 0 atom stereocenters. The number of hydrogen-bond donors (Lipinski definition) is 1. The van der Waals surface area contributed by atoms with Gasteiger partial charge >= 0.3 is 0 Å². The first-order valence-electron chi connectivity index (χ1n) is 6.30. The van der Waals surface area contributed by atoms with Crippen LogP contribution in [0.1, 0.15) is 43.2 Å². The second kappa shape index (κ2) is 5.13. The van der Waals surface area contributed by atoms with Crippen LogP contribution in [0.5, 0.6) is 0 Å². The molecule has 1 fully saturated rings. The molecule has 0 spiro atoms. The minimum atomic E-state index is -0.300. The molecule has 0 aromatic heterocycles. The average molecular weight is 239 g/mol. The summed E-state index contributed by atoms with van der Waals surface area (Å²) in [5.41, 5.74) is 0.925. The molecule has 1 aromatic carbocycles. The van der Waals surface area contributed by atoms with E-state index in [0.717, 1.165) is 25.8 Å². The number of rotatable bonds is 4. The van der Waals surface area contributed by atoms with Crippen LogP contribution < -0.4 is 5.32 Å². The van der Waals surface area contributed by atoms with Gasteiger partial charge in [-0.15, -0.1) is 0 Å². The standard InChI is InChI=1S/C14H19F2N/c1-3-4-17-11-6-10(7-11)12-8-13(15)9(2)5-14(12)16/h5,8,10-11,17H,3-4,6-7H2,1-2H3. The van der Waals surface area contributed by atoms with Gasteiger partial charge in [-0.3, -0.25) is 0 Å². The number of halogens is 2. The van der Waals surface area contributed by atoms with Crippen molar-refractivity contribution in [2.45, 2.75) is 45.1 Å². The molecule has 2 rings (SSSR count). The summed E-state index contributed by atoms with van der Waals surface area (Å²) >= 11 is 0. The third-order valence-corrected chi connectivity index (χ3v) is 3.54. The fourth-order valence-electron chi connectivity index (χ4n) is 2.36. The lowest BCUT2D eigenvalue weighted by Crippen LogP contribution is -2.40. The van der Waals surface area contributed by atoms with Crippen molar-refractivity contribution in [3.8, 4) is 0 Å². The van der Waals surface area contributed by atoms with Gasteiger partial charge in [0.15, 0.2) is 0 Å². The molecule has 17 heavy (non-hydrogen) atoms. The lowest BCUT2D eigenvalue weighted by Gasteiger charge is -2.36. The molecule has 0 unspecified atom stereocenters. The van der Waals surface area contributed by atoms with Gasteiger partial charge in [0.25, 0.3) is 0 Å². The molecular weight excluding hydrogens is 220 g/mol. The van der Waals surface area contributed by atoms with E-state index in [4.69, 9.17) is 0 Å². The average Bonchev–Trinajstić information content (AvgIpc) is 2.23. The molecule has 1 aliphatic rings. The molecule has 0 radical (unpaired) electrons. The second-order valence-electron chi connectivity index (χ2n) is 4.94. The lowest BCUT2D eigenvalue weighted by molar-refractivity contribution is 0.285. The quantitative estimate of drug-likeness (QED) is 0.847. The molecule has 1 aromatic rings. The van der Waals surface area contributed by atoms with Crippen molar-refractivity contribution in [3.63, 3.8) is 0 Å². The van der Waals surface area contributed by atoms with Gasteiger partial charge in [-0.25, -0.2) is 8.78 Å². The summed E-state index contributed by atoms with van der Waals surface area (Å²) in [6.07, 6.45) is 2.94. The van der Waals surface area contributed by atoms with E-state index in [1.807, 2.05) is 0 Å². The lowest BCUT2D eigenvalue weighted by atomic mass is 9.75. The van der Waals surface area contributed by atoms with Crippen molar-refractivity contribution < 1.29 is 8.78 Å². The predicted octanol–water partition coefficient (Wildman–Crippen LogP) is 3.52. The topological polar surface area (TPSA) is 12.0 Å². The van der Waals surface area contributed by atoms with Crippen molar-refractivity contribution >= 4 is 0 Å². The van der Waals surface area contributed by atoms with E-state index in [2.05, 4.69) is 12.2 Å². The Morgan fingerprint density at radius 3 is 2.59 bits per heavy atom. The molecule has 0 aliphatic heterocycles. The molecular formula is C14H19F2N. The molecule has 1 aliphatic carbocycles. The van der Waals surface area contributed by atoms with E-state index in [9.17, 15) is 8.78 Å². The molecule has 1 saturated carbocycles. The van der Waals surface area contributed by atoms with Crippen LogP contribution in [-0.2, 0) is 0 Å². The fourth-order valence-corrected chi connectivity index (χ4v) is 2.36. The van der Waals surface area contributed by atoms with Crippen LogP contribution in [0.25, 0.3) is 0 Å². The summed E-state index contributed by atoms with van der Waals surface area (Å²) in [4.78, 5) is 0. The van der Waals surface area contributed by atoms with Gasteiger partial charge < -0.3 is 5.32 Å². The van der Waals surface area contributed by atoms with E-state index in [0.29, 0.717) is 17.2 Å². The first-order chi connectivity index (χ1) is 8.11. The highest BCUT2D eigenvalue weighted by molar-refractivity contribution is 5.30. The smallest absolute Gasteiger partial charge is 0.127 e. The molecule has 1 nitrogen and oxygen atoms in total. The molecule has 0 bridgehead atoms. The Hall–Kier alpha value is -0.960. The Bertz CT molecular complexity index is 397. The van der Waals surface area contributed by atoms with Crippen molar-refractivity contribution in [2.24, 2.45) is 0 Å². The first-order valence-corrected chi connectivity index (χ1v) is 6.30. The van der Waals surface area contributed by atoms with Crippen molar-refractivity contribution in [3.05, 3.63) is 34.9 Å². The summed E-state index contributed by atoms with van der Waals surface area (Å²) in [6, 6.07) is 3.15. The monoisotopic (exact) mass is 239 g/mol. The maximum absolute atomic E-state index is 13.7. The van der Waals surface area contributed by atoms with E-state index in [1.165, 1.54) is 12.1 Å². The largest absolute Gasteiger partial charge is 0.314 e. The fraction of sp³-hybridized carbons (Fsp3) is 0.571. The number of aryl methyl sites for hydroxylation is 1. The molecule has 1 N–H and O–H groups in total. The zero-order chi connectivity index (χ0) is 12.4. The highest BCUT2D eigenvalue weighted by Gasteiger charge is 2.31. The molecule has 0 heterocycles. The highest BCUT2D eigenvalue weighted by Crippen LogP contribution is 2.38. The highest BCUT2D eigenvalue weighted by atomic mass is 19.1. The maximum Gasteiger partial charge on any atom is 0.127 e. The Balaban J connectivity index is 1.99. The zero-order valence-corrected chi connectivity index (χ0v) is 10.4. The van der Waals surface area contributed by atoms with Crippen LogP contribution in [0.2, 0.25) is 0 Å². The van der Waals surface area contributed by atoms with Crippen LogP contribution in [0.3, 0.4) is 0 Å². The third-order valence-electron chi connectivity index (χ3n) is 3.54. The predicted molar refractivity (Wildman–Crippen MR) is 65.2 cm³/mol. The Morgan fingerprint density at radius 1 is 1.24 bits per heavy atom. The molecule has 94 valence electrons. The van der Waals surface area contributed by atoms with E-state index >= 15 is 0 Å². The van der Waals surface area contributed by atoms with Gasteiger partial charge in [-0.05, 0) is 61.9 Å². The van der Waals surface area contributed by atoms with E-state index < -0.39 is 0 Å². The van der Waals surface area contributed by atoms with Crippen LogP contribution in [0, 0.1) is 18.6 Å². The number of hydrogen-bond acceptors (Lipinski definition) is 1. The van der Waals surface area contributed by atoms with Gasteiger partial charge in [0.2, 0.25) is 0 Å². The first kappa shape index (κ1) is 12.5. The summed E-state index contributed by atoms with van der Waals surface area (Å²) in [5.74, 6) is -0.381. The van der Waals surface area contributed by atoms with Crippen LogP contribution >= 0.6 is 0 Å². The molecule has 3 heteroatoms. The maximum atomic E-state index is 13.7. The number of benzene rings is 1. The minimum Gasteiger partial charge on any atom is -0.314 e. The van der Waals surface area contributed by atoms with Crippen molar-refractivity contribution in [1.82, 2.24) is 5.32 Å². The Kier molecular flexibility index (Phi) is 3.77. The van der Waals surface area contributed by atoms with E-state index in [1.54, 1.807) is 6.92 Å². The van der Waals surface area contributed by atoms with Gasteiger partial charge in [0.1, 0.15) is 11.6 Å². The Labute approximate surface area is 101 Å². The third kappa shape index (κ3) is 2.65. The van der Waals surface area contributed by atoms with Gasteiger partial charge in [0.05, 0.1) is 0 Å². The van der Waals surface area contributed by atoms with Gasteiger partial charge in [-0.1, -0.05) is 6.92 Å². The van der Waals surface area contributed by atoms with Gasteiger partial charge in [0, 0.05) is 6.04 Å². The van der Waals surface area contributed by atoms with Crippen LogP contribution in [0.15, 0.2) is 12.1 Å². The summed E-state index contributed by atoms with van der Waals surface area (Å²) in [5, 5.41) is 3.40. The normalized spacial score (nSPS) is 23.5. The van der Waals surface area contributed by atoms with Crippen molar-refractivity contribution in [1.29, 1.82) is 0 Å².